The lowest BCUT2D eigenvalue weighted by Crippen LogP contribution is -2.49. The quantitative estimate of drug-likeness (QED) is 0.457. The van der Waals surface area contributed by atoms with Crippen LogP contribution in [0.5, 0.6) is 0 Å². The summed E-state index contributed by atoms with van der Waals surface area (Å²) < 4.78 is 23.6. The van der Waals surface area contributed by atoms with Crippen molar-refractivity contribution in [2.75, 3.05) is 6.26 Å². The van der Waals surface area contributed by atoms with Gasteiger partial charge in [0, 0.05) is 36.1 Å². The van der Waals surface area contributed by atoms with E-state index in [4.69, 9.17) is 5.21 Å². The van der Waals surface area contributed by atoms with Crippen LogP contribution in [0.4, 0.5) is 0 Å². The summed E-state index contributed by atoms with van der Waals surface area (Å²) in [5.74, 6) is -1.03. The molecule has 3 rings (SSSR count). The van der Waals surface area contributed by atoms with Crippen LogP contribution < -0.4 is 11.0 Å². The maximum atomic E-state index is 12.6. The van der Waals surface area contributed by atoms with Crippen LogP contribution >= 0.6 is 0 Å². The maximum Gasteiger partial charge on any atom is 0.264 e. The normalized spacial score (nSPS) is 13.7. The number of amides is 1. The first-order valence-corrected chi connectivity index (χ1v) is 11.2. The number of fused-ring (bicyclic) bond motifs is 1. The highest BCUT2D eigenvalue weighted by atomic mass is 32.2. The number of hydrogen-bond donors (Lipinski definition) is 2. The van der Waals surface area contributed by atoms with Gasteiger partial charge in [-0.1, -0.05) is 12.1 Å². The Hall–Kier alpha value is -3.04. The van der Waals surface area contributed by atoms with Crippen LogP contribution in [0.15, 0.2) is 53.5 Å². The van der Waals surface area contributed by atoms with E-state index in [1.165, 1.54) is 23.0 Å². The van der Waals surface area contributed by atoms with Crippen LogP contribution in [0.1, 0.15) is 19.0 Å². The molecule has 2 heterocycles. The average Bonchev–Trinajstić information content (AvgIpc) is 2.70. The van der Waals surface area contributed by atoms with Crippen molar-refractivity contribution >= 4 is 26.6 Å². The third-order valence-electron chi connectivity index (χ3n) is 5.39. The van der Waals surface area contributed by atoms with Crippen molar-refractivity contribution in [3.05, 3.63) is 64.7 Å². The number of hydrogen-bond acceptors (Lipinski definition) is 6. The fourth-order valence-corrected chi connectivity index (χ4v) is 4.04. The molecule has 0 spiro atoms. The van der Waals surface area contributed by atoms with Crippen LogP contribution in [0.3, 0.4) is 0 Å². The molecule has 0 fully saturated rings. The number of aromatic nitrogens is 2. The molecule has 30 heavy (non-hydrogen) atoms. The first-order valence-electron chi connectivity index (χ1n) is 9.27. The largest absolute Gasteiger partial charge is 0.315 e. The van der Waals surface area contributed by atoms with E-state index in [1.807, 2.05) is 37.3 Å². The first-order chi connectivity index (χ1) is 14.0. The van der Waals surface area contributed by atoms with Gasteiger partial charge in [-0.3, -0.25) is 19.8 Å². The molecule has 2 aromatic heterocycles. The fraction of sp³-hybridized carbons (Fsp3) is 0.286. The van der Waals surface area contributed by atoms with Gasteiger partial charge >= 0.3 is 0 Å². The topological polar surface area (TPSA) is 118 Å². The number of hydroxylamine groups is 1. The summed E-state index contributed by atoms with van der Waals surface area (Å²) in [6, 6.07) is 12.9. The number of carbonyl (C=O) groups is 1. The van der Waals surface area contributed by atoms with E-state index >= 15 is 0 Å². The number of nitrogens with zero attached hydrogens (tertiary/aromatic N) is 2. The third kappa shape index (κ3) is 4.12. The van der Waals surface area contributed by atoms with Crippen molar-refractivity contribution in [1.82, 2.24) is 15.0 Å². The van der Waals surface area contributed by atoms with Gasteiger partial charge in [0.05, 0.1) is 5.52 Å². The van der Waals surface area contributed by atoms with Crippen LogP contribution in [-0.4, -0.2) is 40.1 Å². The zero-order valence-electron chi connectivity index (χ0n) is 16.9. The summed E-state index contributed by atoms with van der Waals surface area (Å²) in [4.78, 5) is 29.0. The molecule has 9 heteroatoms. The van der Waals surface area contributed by atoms with Crippen LogP contribution in [0.25, 0.3) is 22.0 Å². The Kier molecular flexibility index (Phi) is 5.78. The predicted octanol–water partition coefficient (Wildman–Crippen LogP) is 2.07. The molecular weight excluding hydrogens is 406 g/mol. The number of carbonyl (C=O) groups excluding carboxylic acids is 1. The van der Waals surface area contributed by atoms with Crippen molar-refractivity contribution in [2.45, 2.75) is 31.6 Å². The molecular formula is C21H23N3O5S. The van der Waals surface area contributed by atoms with Gasteiger partial charge in [-0.05, 0) is 55.7 Å². The van der Waals surface area contributed by atoms with E-state index in [1.54, 1.807) is 12.3 Å². The third-order valence-corrected chi connectivity index (χ3v) is 7.41. The summed E-state index contributed by atoms with van der Waals surface area (Å²) in [5.41, 5.74) is 4.45. The van der Waals surface area contributed by atoms with E-state index in [-0.39, 0.29) is 18.5 Å². The Morgan fingerprint density at radius 1 is 1.17 bits per heavy atom. The predicted molar refractivity (Wildman–Crippen MR) is 114 cm³/mol. The van der Waals surface area contributed by atoms with E-state index in [0.717, 1.165) is 34.0 Å². The highest BCUT2D eigenvalue weighted by Crippen LogP contribution is 2.24. The minimum atomic E-state index is -3.83. The molecule has 0 aliphatic rings. The van der Waals surface area contributed by atoms with Crippen LogP contribution in [0.2, 0.25) is 0 Å². The number of aryl methyl sites for hydroxylation is 2. The molecule has 2 N–H and O–H groups in total. The van der Waals surface area contributed by atoms with Crippen molar-refractivity contribution in [3.63, 3.8) is 0 Å². The molecule has 0 aliphatic heterocycles. The zero-order chi connectivity index (χ0) is 22.1. The monoisotopic (exact) mass is 429 g/mol. The lowest BCUT2D eigenvalue weighted by atomic mass is 10.0. The van der Waals surface area contributed by atoms with E-state index in [0.29, 0.717) is 0 Å². The van der Waals surface area contributed by atoms with Gasteiger partial charge < -0.3 is 4.57 Å². The second kappa shape index (κ2) is 8.00. The smallest absolute Gasteiger partial charge is 0.264 e. The van der Waals surface area contributed by atoms with E-state index in [2.05, 4.69) is 4.98 Å². The van der Waals surface area contributed by atoms with Crippen molar-refractivity contribution < 1.29 is 18.4 Å². The molecule has 3 aromatic rings. The Bertz CT molecular complexity index is 1280. The van der Waals surface area contributed by atoms with Crippen molar-refractivity contribution in [3.8, 4) is 11.1 Å². The highest BCUT2D eigenvalue weighted by molar-refractivity contribution is 7.92. The Balaban J connectivity index is 1.88. The number of sulfone groups is 1. The maximum absolute atomic E-state index is 12.6. The van der Waals surface area contributed by atoms with Gasteiger partial charge in [0.1, 0.15) is 0 Å². The lowest BCUT2D eigenvalue weighted by Gasteiger charge is -2.25. The van der Waals surface area contributed by atoms with Crippen LogP contribution in [0, 0.1) is 6.92 Å². The second-order valence-electron chi connectivity index (χ2n) is 7.50. The fourth-order valence-electron chi connectivity index (χ4n) is 3.20. The number of benzene rings is 1. The van der Waals surface area contributed by atoms with Gasteiger partial charge in [-0.15, -0.1) is 0 Å². The molecule has 1 amide bonds. The number of rotatable bonds is 6. The summed E-state index contributed by atoms with van der Waals surface area (Å²) in [5, 5.41) is 9.86. The second-order valence-corrected chi connectivity index (χ2v) is 9.95. The molecule has 1 unspecified atom stereocenters. The number of pyridine rings is 2. The molecule has 158 valence electrons. The standard InChI is InChI=1S/C21H23N3O5S/c1-14-4-5-17-12-15(6-7-18(17)22-14)16-8-10-24(19(25)13-16)11-9-21(2,20(26)23-27)30(3,28)29/h4-8,10,12-13,27H,9,11H2,1-3H3,(H,23,26). The van der Waals surface area contributed by atoms with Gasteiger partial charge in [0.15, 0.2) is 14.6 Å². The Morgan fingerprint density at radius 3 is 2.50 bits per heavy atom. The van der Waals surface area contributed by atoms with Gasteiger partial charge in [0.2, 0.25) is 0 Å². The Labute approximate surface area is 174 Å². The first kappa shape index (κ1) is 21.7. The zero-order valence-corrected chi connectivity index (χ0v) is 17.7. The van der Waals surface area contributed by atoms with E-state index in [9.17, 15) is 18.0 Å². The summed E-state index contributed by atoms with van der Waals surface area (Å²) >= 11 is 0. The molecule has 8 nitrogen and oxygen atoms in total. The highest BCUT2D eigenvalue weighted by Gasteiger charge is 2.43. The SMILES string of the molecule is Cc1ccc2cc(-c3ccn(CCC(C)(C(=O)NO)S(C)(=O)=O)c(=O)c3)ccc2n1. The molecule has 0 bridgehead atoms. The Morgan fingerprint density at radius 2 is 1.87 bits per heavy atom. The summed E-state index contributed by atoms with van der Waals surface area (Å²) in [6.07, 6.45) is 2.32. The molecule has 1 aromatic carbocycles. The van der Waals surface area contributed by atoms with Gasteiger partial charge in [0.25, 0.3) is 11.5 Å². The van der Waals surface area contributed by atoms with Crippen LogP contribution in [-0.2, 0) is 21.2 Å². The van der Waals surface area contributed by atoms with E-state index < -0.39 is 20.5 Å². The van der Waals surface area contributed by atoms with Crippen molar-refractivity contribution in [1.29, 1.82) is 0 Å². The minimum absolute atomic E-state index is 0.00296. The molecule has 0 radical (unpaired) electrons. The molecule has 0 saturated carbocycles. The summed E-state index contributed by atoms with van der Waals surface area (Å²) in [7, 11) is -3.83. The average molecular weight is 429 g/mol. The van der Waals surface area contributed by atoms with Gasteiger partial charge in [-0.25, -0.2) is 13.9 Å². The summed E-state index contributed by atoms with van der Waals surface area (Å²) in [6.45, 7) is 3.14. The lowest BCUT2D eigenvalue weighted by molar-refractivity contribution is -0.131. The number of nitrogens with one attached hydrogen (secondary N) is 1. The van der Waals surface area contributed by atoms with Crippen molar-refractivity contribution in [2.24, 2.45) is 0 Å². The minimum Gasteiger partial charge on any atom is -0.315 e. The molecule has 0 saturated heterocycles. The molecule has 1 atom stereocenters. The van der Waals surface area contributed by atoms with Gasteiger partial charge in [-0.2, -0.15) is 0 Å². The molecule has 0 aliphatic carbocycles.